The van der Waals surface area contributed by atoms with Crippen molar-refractivity contribution in [2.45, 2.75) is 75.2 Å². The van der Waals surface area contributed by atoms with Crippen molar-refractivity contribution in [3.05, 3.63) is 34.3 Å². The van der Waals surface area contributed by atoms with Crippen molar-refractivity contribution in [1.29, 1.82) is 0 Å². The summed E-state index contributed by atoms with van der Waals surface area (Å²) < 4.78 is 77.6. The van der Waals surface area contributed by atoms with Crippen LogP contribution in [-0.4, -0.2) is 76.2 Å². The molecule has 2 unspecified atom stereocenters. The van der Waals surface area contributed by atoms with E-state index in [0.717, 1.165) is 38.8 Å². The van der Waals surface area contributed by atoms with E-state index in [-0.39, 0.29) is 51.6 Å². The Morgan fingerprint density at radius 2 is 1.86 bits per heavy atom. The zero-order chi connectivity index (χ0) is 31.0. The Bertz CT molecular complexity index is 1610. The number of fused-ring (bicyclic) bond motifs is 4. The molecule has 3 N–H and O–H groups in total. The third kappa shape index (κ3) is 4.91. The van der Waals surface area contributed by atoms with Gasteiger partial charge in [0.15, 0.2) is 0 Å². The third-order valence-electron chi connectivity index (χ3n) is 9.86. The van der Waals surface area contributed by atoms with Crippen molar-refractivity contribution in [1.82, 2.24) is 25.2 Å². The van der Waals surface area contributed by atoms with E-state index in [0.29, 0.717) is 37.2 Å². The highest BCUT2D eigenvalue weighted by Crippen LogP contribution is 2.45. The second-order valence-corrected chi connectivity index (χ2v) is 13.1. The van der Waals surface area contributed by atoms with Gasteiger partial charge in [-0.25, -0.2) is 13.8 Å². The number of hydrogen-bond donors (Lipinski definition) is 2. The van der Waals surface area contributed by atoms with Gasteiger partial charge in [0.2, 0.25) is 0 Å². The molecule has 0 amide bonds. The van der Waals surface area contributed by atoms with Crippen LogP contribution in [-0.2, 0) is 6.18 Å². The molecule has 0 aliphatic carbocycles. The van der Waals surface area contributed by atoms with Crippen LogP contribution >= 0.6 is 11.6 Å². The van der Waals surface area contributed by atoms with Gasteiger partial charge >= 0.3 is 12.2 Å². The van der Waals surface area contributed by atoms with Crippen molar-refractivity contribution in [3.63, 3.8) is 0 Å². The van der Waals surface area contributed by atoms with E-state index in [2.05, 4.69) is 20.2 Å². The Balaban J connectivity index is 1.36. The van der Waals surface area contributed by atoms with E-state index in [1.54, 1.807) is 4.90 Å². The normalized spacial score (nSPS) is 24.9. The summed E-state index contributed by atoms with van der Waals surface area (Å²) in [7, 11) is 0. The van der Waals surface area contributed by atoms with Crippen LogP contribution in [0.25, 0.3) is 22.2 Å². The Morgan fingerprint density at radius 1 is 1.11 bits per heavy atom. The summed E-state index contributed by atoms with van der Waals surface area (Å²) in [6, 6.07) is 3.96. The summed E-state index contributed by atoms with van der Waals surface area (Å²) in [4.78, 5) is 17.6. The summed E-state index contributed by atoms with van der Waals surface area (Å²) in [6.45, 7) is 4.10. The molecule has 6 heterocycles. The van der Waals surface area contributed by atoms with E-state index in [1.165, 1.54) is 25.1 Å². The fourth-order valence-electron chi connectivity index (χ4n) is 7.83. The average Bonchev–Trinajstić information content (AvgIpc) is 3.62. The summed E-state index contributed by atoms with van der Waals surface area (Å²) >= 11 is 6.68. The highest BCUT2D eigenvalue weighted by molar-refractivity contribution is 6.34. The minimum Gasteiger partial charge on any atom is -0.461 e. The van der Waals surface area contributed by atoms with Gasteiger partial charge in [0, 0.05) is 30.1 Å². The van der Waals surface area contributed by atoms with Gasteiger partial charge in [-0.3, -0.25) is 4.90 Å². The largest absolute Gasteiger partial charge is 0.461 e. The quantitative estimate of drug-likeness (QED) is 0.326. The Morgan fingerprint density at radius 3 is 2.57 bits per heavy atom. The highest BCUT2D eigenvalue weighted by atomic mass is 35.5. The van der Waals surface area contributed by atoms with Gasteiger partial charge in [-0.1, -0.05) is 11.6 Å². The number of nitrogens with zero attached hydrogens (tertiary/aromatic N) is 5. The van der Waals surface area contributed by atoms with Crippen molar-refractivity contribution >= 4 is 34.1 Å². The Hall–Kier alpha value is -3.03. The average molecular weight is 638 g/mol. The number of hydrogen-bond acceptors (Lipinski definition) is 8. The second kappa shape index (κ2) is 10.5. The molecule has 7 rings (SSSR count). The summed E-state index contributed by atoms with van der Waals surface area (Å²) in [5.74, 6) is 0.274. The molecule has 44 heavy (non-hydrogen) atoms. The zero-order valence-corrected chi connectivity index (χ0v) is 24.9. The number of nitrogen functional groups attached to an aromatic ring is 1. The van der Waals surface area contributed by atoms with Gasteiger partial charge in [0.25, 0.3) is 6.43 Å². The van der Waals surface area contributed by atoms with Gasteiger partial charge in [0.1, 0.15) is 18.2 Å². The first-order valence-corrected chi connectivity index (χ1v) is 15.3. The highest BCUT2D eigenvalue weighted by Gasteiger charge is 2.51. The summed E-state index contributed by atoms with van der Waals surface area (Å²) in [6.07, 6.45) is -2.28. The molecular formula is C30H33ClF5N7O. The van der Waals surface area contributed by atoms with Crippen LogP contribution in [0.4, 0.5) is 33.6 Å². The molecular weight excluding hydrogens is 605 g/mol. The SMILES string of the molecule is Cc1cc(N)nc(-c2cc3nc(OCC45CCCN4CCC5)nc(N4CC5CCC(C(F)F)(C4)N5)c3cc2Cl)c1C(F)(F)F. The van der Waals surface area contributed by atoms with Gasteiger partial charge in [-0.2, -0.15) is 23.1 Å². The first-order chi connectivity index (χ1) is 20.9. The number of nitrogens with two attached hydrogens (primary N) is 1. The number of pyridine rings is 1. The first kappa shape index (κ1) is 29.7. The Kier molecular flexibility index (Phi) is 7.09. The van der Waals surface area contributed by atoms with Crippen molar-refractivity contribution in [2.24, 2.45) is 0 Å². The number of halogens is 6. The fraction of sp³-hybridized carbons (Fsp3) is 0.567. The molecule has 0 radical (unpaired) electrons. The molecule has 8 nitrogen and oxygen atoms in total. The van der Waals surface area contributed by atoms with E-state index >= 15 is 0 Å². The first-order valence-electron chi connectivity index (χ1n) is 14.9. The molecule has 0 spiro atoms. The lowest BCUT2D eigenvalue weighted by Gasteiger charge is -2.41. The number of rotatable bonds is 6. The minimum absolute atomic E-state index is 0.00160. The second-order valence-electron chi connectivity index (χ2n) is 12.7. The predicted molar refractivity (Wildman–Crippen MR) is 157 cm³/mol. The molecule has 4 aliphatic rings. The molecule has 2 bridgehead atoms. The maximum Gasteiger partial charge on any atom is 0.418 e. The van der Waals surface area contributed by atoms with Gasteiger partial charge < -0.3 is 20.7 Å². The van der Waals surface area contributed by atoms with Gasteiger partial charge in [-0.15, -0.1) is 0 Å². The van der Waals surface area contributed by atoms with Gasteiger partial charge in [0.05, 0.1) is 32.9 Å². The topological polar surface area (TPSA) is 92.4 Å². The number of nitrogens with one attached hydrogen (secondary N) is 1. The summed E-state index contributed by atoms with van der Waals surface area (Å²) in [5.41, 5.74) is 3.21. The summed E-state index contributed by atoms with van der Waals surface area (Å²) in [5, 5.41) is 3.50. The standard InChI is InChI=1S/C30H33ClF5N7O/c1-16-10-22(37)39-24(23(16)30(34,35)36)18-12-21-19(11-20(18)31)25(42-13-17-4-7-29(14-42,41-17)26(32)33)40-27(38-21)44-15-28-5-2-8-43(28)9-3-6-28/h10-12,17,26,41H,2-9,13-15H2,1H3,(H2,37,39). The lowest BCUT2D eigenvalue weighted by Crippen LogP contribution is -2.63. The molecule has 0 saturated carbocycles. The number of alkyl halides is 5. The Labute approximate surface area is 256 Å². The van der Waals surface area contributed by atoms with Crippen molar-refractivity contribution in [3.8, 4) is 17.3 Å². The molecule has 4 fully saturated rings. The number of benzene rings is 1. The van der Waals surface area contributed by atoms with Crippen LogP contribution in [0.3, 0.4) is 0 Å². The lowest BCUT2D eigenvalue weighted by atomic mass is 9.95. The smallest absolute Gasteiger partial charge is 0.418 e. The van der Waals surface area contributed by atoms with Crippen LogP contribution in [0, 0.1) is 6.92 Å². The van der Waals surface area contributed by atoms with E-state index < -0.39 is 29.4 Å². The van der Waals surface area contributed by atoms with Crippen LogP contribution in [0.1, 0.15) is 49.7 Å². The number of piperazine rings is 1. The van der Waals surface area contributed by atoms with Crippen LogP contribution in [0.2, 0.25) is 5.02 Å². The van der Waals surface area contributed by atoms with Crippen LogP contribution in [0.15, 0.2) is 18.2 Å². The number of aromatic nitrogens is 3. The van der Waals surface area contributed by atoms with Gasteiger partial charge in [-0.05, 0) is 82.3 Å². The molecule has 14 heteroatoms. The molecule has 4 aliphatic heterocycles. The van der Waals surface area contributed by atoms with Crippen LogP contribution < -0.4 is 20.7 Å². The monoisotopic (exact) mass is 637 g/mol. The molecule has 1 aromatic carbocycles. The minimum atomic E-state index is -4.72. The van der Waals surface area contributed by atoms with E-state index in [4.69, 9.17) is 27.1 Å². The molecule has 236 valence electrons. The lowest BCUT2D eigenvalue weighted by molar-refractivity contribution is -0.137. The molecule has 2 atom stereocenters. The maximum atomic E-state index is 14.3. The zero-order valence-electron chi connectivity index (χ0n) is 24.2. The van der Waals surface area contributed by atoms with E-state index in [9.17, 15) is 22.0 Å². The molecule has 4 saturated heterocycles. The van der Waals surface area contributed by atoms with Crippen molar-refractivity contribution < 1.29 is 26.7 Å². The number of aryl methyl sites for hydroxylation is 1. The van der Waals surface area contributed by atoms with Crippen molar-refractivity contribution in [2.75, 3.05) is 43.4 Å². The van der Waals surface area contributed by atoms with Crippen LogP contribution in [0.5, 0.6) is 6.01 Å². The molecule has 2 aromatic heterocycles. The maximum absolute atomic E-state index is 14.3. The fourth-order valence-corrected chi connectivity index (χ4v) is 8.08. The number of anilines is 2. The number of ether oxygens (including phenoxy) is 1. The predicted octanol–water partition coefficient (Wildman–Crippen LogP) is 5.84. The van der Waals surface area contributed by atoms with E-state index in [1.807, 2.05) is 0 Å². The molecule has 3 aromatic rings. The third-order valence-corrected chi connectivity index (χ3v) is 10.2.